The molecule has 3 heterocycles. The minimum absolute atomic E-state index is 0.0996. The van der Waals surface area contributed by atoms with Crippen molar-refractivity contribution in [3.05, 3.63) is 71.3 Å². The summed E-state index contributed by atoms with van der Waals surface area (Å²) in [7, 11) is 1.42. The highest BCUT2D eigenvalue weighted by Gasteiger charge is 2.57. The highest BCUT2D eigenvalue weighted by Crippen LogP contribution is 2.39. The van der Waals surface area contributed by atoms with Gasteiger partial charge in [-0.2, -0.15) is 13.2 Å². The number of fused-ring (bicyclic) bond motifs is 1. The first-order valence-electron chi connectivity index (χ1n) is 14.6. The molecule has 14 heteroatoms. The smallest absolute Gasteiger partial charge is 0.341 e. The Balaban J connectivity index is 1.19. The maximum absolute atomic E-state index is 14.5. The molecular formula is C31H30F4N6O4. The maximum atomic E-state index is 14.5. The molecule has 45 heavy (non-hydrogen) atoms. The van der Waals surface area contributed by atoms with E-state index in [0.29, 0.717) is 42.1 Å². The Labute approximate surface area is 255 Å². The average Bonchev–Trinajstić information content (AvgIpc) is 3.15. The standard InChI is InChI=1S/C31H30F4N6O4/c1-39-28(44)30(41(29(39)45)17-18-5-8-23-24(15-18)37-12-11-36-23)9-13-40(14-10-30)27(43)25(19-3-2-4-19)38-26(42)21-16-20(31(33,34)35)6-7-22(21)32/h5-8,11-12,15-16,19,25H,2-4,9-10,13-14,17H2,1H3,(H,38,42). The van der Waals surface area contributed by atoms with E-state index in [0.717, 1.165) is 16.9 Å². The van der Waals surface area contributed by atoms with E-state index in [1.807, 2.05) is 12.1 Å². The highest BCUT2D eigenvalue weighted by atomic mass is 19.4. The van der Waals surface area contributed by atoms with Gasteiger partial charge in [-0.05, 0) is 67.5 Å². The Kier molecular flexibility index (Phi) is 7.69. The van der Waals surface area contributed by atoms with Crippen molar-refractivity contribution >= 4 is 34.8 Å². The fraction of sp³-hybridized carbons (Fsp3) is 0.419. The molecule has 3 aromatic rings. The van der Waals surface area contributed by atoms with Crippen molar-refractivity contribution in [2.75, 3.05) is 20.1 Å². The van der Waals surface area contributed by atoms with Crippen LogP contribution in [0.15, 0.2) is 48.8 Å². The monoisotopic (exact) mass is 626 g/mol. The Hall–Kier alpha value is -4.62. The SMILES string of the molecule is CN1C(=O)N(Cc2ccc3nccnc3c2)C2(CCN(C(=O)C(NC(=O)c3cc(C(F)(F)F)ccc3F)C3CCC3)CC2)C1=O. The van der Waals surface area contributed by atoms with Crippen LogP contribution in [0, 0.1) is 11.7 Å². The molecule has 3 fully saturated rings. The maximum Gasteiger partial charge on any atom is 0.416 e. The van der Waals surface area contributed by atoms with Gasteiger partial charge in [-0.15, -0.1) is 0 Å². The van der Waals surface area contributed by atoms with Gasteiger partial charge in [0.1, 0.15) is 17.4 Å². The molecule has 1 N–H and O–H groups in total. The predicted molar refractivity (Wildman–Crippen MR) is 152 cm³/mol. The lowest BCUT2D eigenvalue weighted by atomic mass is 9.78. The van der Waals surface area contributed by atoms with Crippen LogP contribution in [0.3, 0.4) is 0 Å². The topological polar surface area (TPSA) is 116 Å². The van der Waals surface area contributed by atoms with Crippen molar-refractivity contribution < 1.29 is 36.7 Å². The van der Waals surface area contributed by atoms with E-state index in [-0.39, 0.29) is 44.3 Å². The van der Waals surface area contributed by atoms with Gasteiger partial charge >= 0.3 is 12.2 Å². The molecule has 6 rings (SSSR count). The van der Waals surface area contributed by atoms with Crippen LogP contribution < -0.4 is 5.32 Å². The number of piperidine rings is 1. The molecule has 2 aliphatic heterocycles. The van der Waals surface area contributed by atoms with E-state index >= 15 is 0 Å². The quantitative estimate of drug-likeness (QED) is 0.325. The van der Waals surface area contributed by atoms with Gasteiger partial charge in [0.05, 0.1) is 22.2 Å². The largest absolute Gasteiger partial charge is 0.416 e. The summed E-state index contributed by atoms with van der Waals surface area (Å²) in [4.78, 5) is 66.2. The van der Waals surface area contributed by atoms with Crippen molar-refractivity contribution in [2.45, 2.75) is 56.4 Å². The molecular weight excluding hydrogens is 596 g/mol. The Morgan fingerprint density at radius 2 is 1.71 bits per heavy atom. The van der Waals surface area contributed by atoms with Crippen molar-refractivity contribution in [3.8, 4) is 0 Å². The number of rotatable bonds is 6. The summed E-state index contributed by atoms with van der Waals surface area (Å²) in [6.45, 7) is 0.337. The third-order valence-electron chi connectivity index (χ3n) is 9.23. The van der Waals surface area contributed by atoms with Crippen molar-refractivity contribution in [1.82, 2.24) is 30.0 Å². The molecule has 236 valence electrons. The third-order valence-corrected chi connectivity index (χ3v) is 9.23. The van der Waals surface area contributed by atoms with Gasteiger partial charge in [0.25, 0.3) is 11.8 Å². The zero-order chi connectivity index (χ0) is 32.1. The number of hydrogen-bond acceptors (Lipinski definition) is 6. The summed E-state index contributed by atoms with van der Waals surface area (Å²) < 4.78 is 54.1. The molecule has 10 nitrogen and oxygen atoms in total. The number of likely N-dealkylation sites (tertiary alicyclic amines) is 1. The summed E-state index contributed by atoms with van der Waals surface area (Å²) in [6, 6.07) is 5.45. The number of halogens is 4. The number of benzene rings is 2. The van der Waals surface area contributed by atoms with Gasteiger partial charge in [-0.25, -0.2) is 9.18 Å². The number of nitrogens with one attached hydrogen (secondary N) is 1. The minimum Gasteiger partial charge on any atom is -0.341 e. The molecule has 1 aromatic heterocycles. The fourth-order valence-electron chi connectivity index (χ4n) is 6.41. The third kappa shape index (κ3) is 5.46. The highest BCUT2D eigenvalue weighted by molar-refractivity contribution is 6.07. The zero-order valence-corrected chi connectivity index (χ0v) is 24.3. The van der Waals surface area contributed by atoms with Crippen LogP contribution in [0.4, 0.5) is 22.4 Å². The van der Waals surface area contributed by atoms with Gasteiger partial charge < -0.3 is 15.1 Å². The van der Waals surface area contributed by atoms with Crippen molar-refractivity contribution in [1.29, 1.82) is 0 Å². The van der Waals surface area contributed by atoms with E-state index in [9.17, 15) is 36.7 Å². The second-order valence-corrected chi connectivity index (χ2v) is 11.8. The van der Waals surface area contributed by atoms with Crippen LogP contribution in [-0.4, -0.2) is 80.1 Å². The second kappa shape index (κ2) is 11.4. The first kappa shape index (κ1) is 30.4. The lowest BCUT2D eigenvalue weighted by molar-refractivity contribution is -0.143. The van der Waals surface area contributed by atoms with Gasteiger partial charge in [-0.1, -0.05) is 12.5 Å². The molecule has 1 aliphatic carbocycles. The van der Waals surface area contributed by atoms with Crippen LogP contribution in [-0.2, 0) is 22.3 Å². The van der Waals surface area contributed by atoms with Gasteiger partial charge in [0.2, 0.25) is 5.91 Å². The number of hydrogen-bond donors (Lipinski definition) is 1. The summed E-state index contributed by atoms with van der Waals surface area (Å²) >= 11 is 0. The van der Waals surface area contributed by atoms with Crippen LogP contribution in [0.1, 0.15) is 53.6 Å². The number of carbonyl (C=O) groups is 4. The number of imide groups is 1. The number of likely N-dealkylation sites (N-methyl/N-ethyl adjacent to an activating group) is 1. The molecule has 2 aromatic carbocycles. The summed E-state index contributed by atoms with van der Waals surface area (Å²) in [5, 5.41) is 2.50. The molecule has 5 amide bonds. The number of nitrogens with zero attached hydrogens (tertiary/aromatic N) is 5. The van der Waals surface area contributed by atoms with Gasteiger partial charge in [-0.3, -0.25) is 29.3 Å². The molecule has 2 saturated heterocycles. The minimum atomic E-state index is -4.78. The molecule has 0 bridgehead atoms. The molecule has 1 atom stereocenters. The van der Waals surface area contributed by atoms with Crippen LogP contribution in [0.25, 0.3) is 11.0 Å². The Morgan fingerprint density at radius 1 is 1.02 bits per heavy atom. The van der Waals surface area contributed by atoms with Crippen LogP contribution >= 0.6 is 0 Å². The average molecular weight is 627 g/mol. The van der Waals surface area contributed by atoms with Gasteiger partial charge in [0, 0.05) is 39.1 Å². The molecule has 1 saturated carbocycles. The first-order chi connectivity index (χ1) is 21.4. The zero-order valence-electron chi connectivity index (χ0n) is 24.3. The fourth-order valence-corrected chi connectivity index (χ4v) is 6.41. The van der Waals surface area contributed by atoms with E-state index in [1.165, 1.54) is 16.8 Å². The first-order valence-corrected chi connectivity index (χ1v) is 14.6. The second-order valence-electron chi connectivity index (χ2n) is 11.8. The van der Waals surface area contributed by atoms with E-state index < -0.39 is 52.5 Å². The van der Waals surface area contributed by atoms with E-state index in [2.05, 4.69) is 15.3 Å². The molecule has 1 spiro atoms. The Morgan fingerprint density at radius 3 is 2.36 bits per heavy atom. The lowest BCUT2D eigenvalue weighted by Crippen LogP contribution is -2.60. The van der Waals surface area contributed by atoms with Crippen LogP contribution in [0.2, 0.25) is 0 Å². The number of carbonyl (C=O) groups excluding carboxylic acids is 4. The normalized spacial score (nSPS) is 19.3. The molecule has 0 radical (unpaired) electrons. The number of aromatic nitrogens is 2. The predicted octanol–water partition coefficient (Wildman–Crippen LogP) is 4.14. The molecule has 1 unspecified atom stereocenters. The van der Waals surface area contributed by atoms with E-state index in [4.69, 9.17) is 0 Å². The van der Waals surface area contributed by atoms with Crippen LogP contribution in [0.5, 0.6) is 0 Å². The number of alkyl halides is 3. The summed E-state index contributed by atoms with van der Waals surface area (Å²) in [6.07, 6.45) is 0.691. The van der Waals surface area contributed by atoms with E-state index in [1.54, 1.807) is 18.5 Å². The van der Waals surface area contributed by atoms with Crippen molar-refractivity contribution in [2.24, 2.45) is 5.92 Å². The Bertz CT molecular complexity index is 1690. The molecule has 3 aliphatic rings. The summed E-state index contributed by atoms with van der Waals surface area (Å²) in [5.74, 6) is -3.34. The van der Waals surface area contributed by atoms with Gasteiger partial charge in [0.15, 0.2) is 0 Å². The summed E-state index contributed by atoms with van der Waals surface area (Å²) in [5.41, 5.74) is -1.07. The number of urea groups is 1. The lowest BCUT2D eigenvalue weighted by Gasteiger charge is -2.44. The van der Waals surface area contributed by atoms with Crippen molar-refractivity contribution in [3.63, 3.8) is 0 Å². The number of amides is 5.